The quantitative estimate of drug-likeness (QED) is 0.837. The number of hydrogen-bond donors (Lipinski definition) is 1. The Bertz CT molecular complexity index is 478. The molecule has 122 valence electrons. The van der Waals surface area contributed by atoms with Crippen molar-refractivity contribution in [2.24, 2.45) is 11.8 Å². The van der Waals surface area contributed by atoms with Gasteiger partial charge in [0, 0.05) is 37.6 Å². The van der Waals surface area contributed by atoms with Crippen LogP contribution in [-0.2, 0) is 4.79 Å². The first-order chi connectivity index (χ1) is 10.5. The van der Waals surface area contributed by atoms with E-state index in [1.807, 2.05) is 0 Å². The highest BCUT2D eigenvalue weighted by atomic mass is 16.4. The molecule has 1 aromatic rings. The smallest absolute Gasteiger partial charge is 0.308 e. The van der Waals surface area contributed by atoms with E-state index in [1.165, 1.54) is 18.5 Å². The number of hydrogen-bond acceptors (Lipinski definition) is 3. The summed E-state index contributed by atoms with van der Waals surface area (Å²) in [5, 5.41) is 9.17. The van der Waals surface area contributed by atoms with Gasteiger partial charge in [0.05, 0.1) is 5.92 Å². The minimum Gasteiger partial charge on any atom is -0.481 e. The molecule has 0 bridgehead atoms. The maximum atomic E-state index is 11.1. The molecule has 1 aliphatic heterocycles. The Balaban J connectivity index is 2.10. The van der Waals surface area contributed by atoms with E-state index in [1.54, 1.807) is 6.92 Å². The molecule has 4 nitrogen and oxygen atoms in total. The van der Waals surface area contributed by atoms with Gasteiger partial charge in [-0.3, -0.25) is 4.79 Å². The molecule has 1 N–H and O–H groups in total. The lowest BCUT2D eigenvalue weighted by atomic mass is 10.1. The van der Waals surface area contributed by atoms with Gasteiger partial charge in [-0.15, -0.1) is 0 Å². The molecule has 4 heteroatoms. The van der Waals surface area contributed by atoms with Crippen LogP contribution >= 0.6 is 0 Å². The molecule has 1 saturated heterocycles. The second-order valence-corrected chi connectivity index (χ2v) is 6.75. The predicted molar refractivity (Wildman–Crippen MR) is 91.7 cm³/mol. The highest BCUT2D eigenvalue weighted by Gasteiger charge is 2.18. The summed E-state index contributed by atoms with van der Waals surface area (Å²) in [6.45, 7) is 9.82. The normalized spacial score (nSPS) is 16.1. The molecule has 0 aromatic heterocycles. The molecule has 1 atom stereocenters. The van der Waals surface area contributed by atoms with Gasteiger partial charge in [-0.05, 0) is 43.0 Å². The lowest BCUT2D eigenvalue weighted by Gasteiger charge is -2.29. The number of anilines is 2. The van der Waals surface area contributed by atoms with Crippen molar-refractivity contribution in [2.75, 3.05) is 36.0 Å². The van der Waals surface area contributed by atoms with Crippen molar-refractivity contribution in [3.05, 3.63) is 24.3 Å². The van der Waals surface area contributed by atoms with Crippen molar-refractivity contribution >= 4 is 17.3 Å². The van der Waals surface area contributed by atoms with E-state index in [2.05, 4.69) is 47.9 Å². The summed E-state index contributed by atoms with van der Waals surface area (Å²) in [6, 6.07) is 8.59. The fourth-order valence-corrected chi connectivity index (χ4v) is 2.98. The summed E-state index contributed by atoms with van der Waals surface area (Å²) < 4.78 is 0. The first-order valence-electron chi connectivity index (χ1n) is 8.30. The van der Waals surface area contributed by atoms with Gasteiger partial charge in [-0.2, -0.15) is 0 Å². The van der Waals surface area contributed by atoms with Crippen molar-refractivity contribution in [2.45, 2.75) is 33.6 Å². The second-order valence-electron chi connectivity index (χ2n) is 6.75. The minimum atomic E-state index is -0.734. The summed E-state index contributed by atoms with van der Waals surface area (Å²) in [7, 11) is 0. The van der Waals surface area contributed by atoms with Crippen molar-refractivity contribution in [1.82, 2.24) is 0 Å². The molecule has 0 saturated carbocycles. The molecule has 0 spiro atoms. The summed E-state index contributed by atoms with van der Waals surface area (Å²) >= 11 is 0. The van der Waals surface area contributed by atoms with Gasteiger partial charge in [0.1, 0.15) is 0 Å². The Labute approximate surface area is 133 Å². The average molecular weight is 304 g/mol. The van der Waals surface area contributed by atoms with E-state index in [0.29, 0.717) is 12.5 Å². The Morgan fingerprint density at radius 2 is 1.73 bits per heavy atom. The monoisotopic (exact) mass is 304 g/mol. The average Bonchev–Trinajstić information content (AvgIpc) is 3.00. The summed E-state index contributed by atoms with van der Waals surface area (Å²) in [5.74, 6) is -0.598. The number of carboxylic acids is 1. The zero-order chi connectivity index (χ0) is 16.1. The van der Waals surface area contributed by atoms with Crippen LogP contribution in [0.1, 0.15) is 33.6 Å². The van der Waals surface area contributed by atoms with Crippen molar-refractivity contribution in [3.63, 3.8) is 0 Å². The van der Waals surface area contributed by atoms with Crippen LogP contribution in [0.2, 0.25) is 0 Å². The largest absolute Gasteiger partial charge is 0.481 e. The number of nitrogens with zero attached hydrogens (tertiary/aromatic N) is 2. The fraction of sp³-hybridized carbons (Fsp3) is 0.611. The van der Waals surface area contributed by atoms with Gasteiger partial charge in [0.15, 0.2) is 0 Å². The van der Waals surface area contributed by atoms with Gasteiger partial charge in [0.2, 0.25) is 0 Å². The van der Waals surface area contributed by atoms with Crippen molar-refractivity contribution in [3.8, 4) is 0 Å². The Hall–Kier alpha value is -1.71. The molecule has 1 heterocycles. The summed E-state index contributed by atoms with van der Waals surface area (Å²) in [4.78, 5) is 15.8. The van der Waals surface area contributed by atoms with E-state index < -0.39 is 5.97 Å². The molecular formula is C18H28N2O2. The lowest BCUT2D eigenvalue weighted by Crippen LogP contribution is -2.34. The summed E-state index contributed by atoms with van der Waals surface area (Å²) in [5.41, 5.74) is 2.39. The van der Waals surface area contributed by atoms with Crippen LogP contribution in [0.5, 0.6) is 0 Å². The zero-order valence-corrected chi connectivity index (χ0v) is 14.0. The summed E-state index contributed by atoms with van der Waals surface area (Å²) in [6.07, 6.45) is 2.55. The van der Waals surface area contributed by atoms with E-state index in [-0.39, 0.29) is 5.92 Å². The predicted octanol–water partition coefficient (Wildman–Crippen LogP) is 3.47. The Morgan fingerprint density at radius 3 is 2.23 bits per heavy atom. The number of carbonyl (C=O) groups is 1. The first-order valence-corrected chi connectivity index (χ1v) is 8.30. The number of benzene rings is 1. The molecule has 1 fully saturated rings. The number of carboxylic acid groups (broad SMARTS) is 1. The molecule has 0 radical (unpaired) electrons. The van der Waals surface area contributed by atoms with Gasteiger partial charge in [-0.25, -0.2) is 0 Å². The van der Waals surface area contributed by atoms with E-state index in [4.69, 9.17) is 5.11 Å². The minimum absolute atomic E-state index is 0.364. The third kappa shape index (κ3) is 4.39. The van der Waals surface area contributed by atoms with Gasteiger partial charge in [-0.1, -0.05) is 20.8 Å². The first kappa shape index (κ1) is 16.7. The standard InChI is InChI=1S/C18H28N2O2/c1-14(2)12-20(13-15(3)18(21)22)17-8-6-16(7-9-17)19-10-4-5-11-19/h6-9,14-15H,4-5,10-13H2,1-3H3,(H,21,22). The maximum absolute atomic E-state index is 11.1. The molecule has 1 unspecified atom stereocenters. The third-order valence-corrected chi connectivity index (χ3v) is 4.19. The molecule has 1 aromatic carbocycles. The van der Waals surface area contributed by atoms with Crippen molar-refractivity contribution < 1.29 is 9.90 Å². The van der Waals surface area contributed by atoms with Crippen LogP contribution in [0.15, 0.2) is 24.3 Å². The molecular weight excluding hydrogens is 276 g/mol. The Morgan fingerprint density at radius 1 is 1.14 bits per heavy atom. The zero-order valence-electron chi connectivity index (χ0n) is 14.0. The van der Waals surface area contributed by atoms with Crippen LogP contribution in [0.25, 0.3) is 0 Å². The molecule has 0 aliphatic carbocycles. The van der Waals surface area contributed by atoms with Crippen LogP contribution in [0, 0.1) is 11.8 Å². The molecule has 0 amide bonds. The lowest BCUT2D eigenvalue weighted by molar-refractivity contribution is -0.140. The highest BCUT2D eigenvalue weighted by molar-refractivity contribution is 5.70. The van der Waals surface area contributed by atoms with Gasteiger partial charge >= 0.3 is 5.97 Å². The second kappa shape index (κ2) is 7.52. The number of aliphatic carboxylic acids is 1. The van der Waals surface area contributed by atoms with Gasteiger partial charge < -0.3 is 14.9 Å². The SMILES string of the molecule is CC(C)CN(CC(C)C(=O)O)c1ccc(N2CCCC2)cc1. The van der Waals surface area contributed by atoms with Crippen molar-refractivity contribution in [1.29, 1.82) is 0 Å². The third-order valence-electron chi connectivity index (χ3n) is 4.19. The maximum Gasteiger partial charge on any atom is 0.308 e. The molecule has 22 heavy (non-hydrogen) atoms. The van der Waals surface area contributed by atoms with Gasteiger partial charge in [0.25, 0.3) is 0 Å². The van der Waals surface area contributed by atoms with E-state index >= 15 is 0 Å². The van der Waals surface area contributed by atoms with E-state index in [9.17, 15) is 4.79 Å². The molecule has 1 aliphatic rings. The Kier molecular flexibility index (Phi) is 5.69. The van der Waals surface area contributed by atoms with Crippen LogP contribution in [0.4, 0.5) is 11.4 Å². The molecule has 2 rings (SSSR count). The topological polar surface area (TPSA) is 43.8 Å². The fourth-order valence-electron chi connectivity index (χ4n) is 2.98. The van der Waals surface area contributed by atoms with Crippen LogP contribution < -0.4 is 9.80 Å². The number of rotatable bonds is 7. The van der Waals surface area contributed by atoms with E-state index in [0.717, 1.165) is 25.3 Å². The van der Waals surface area contributed by atoms with Crippen LogP contribution in [-0.4, -0.2) is 37.3 Å². The highest BCUT2D eigenvalue weighted by Crippen LogP contribution is 2.25. The van der Waals surface area contributed by atoms with Crippen LogP contribution in [0.3, 0.4) is 0 Å².